The van der Waals surface area contributed by atoms with Crippen LogP contribution < -0.4 is 5.32 Å². The minimum Gasteiger partial charge on any atom is -0.387 e. The number of hydrogen-bond donors (Lipinski definition) is 2. The molecule has 1 atom stereocenters. The molecule has 0 aliphatic carbocycles. The van der Waals surface area contributed by atoms with Crippen LogP contribution in [0, 0.1) is 6.92 Å². The molecule has 1 heterocycles. The van der Waals surface area contributed by atoms with E-state index in [1.807, 2.05) is 42.5 Å². The van der Waals surface area contributed by atoms with Gasteiger partial charge in [0.05, 0.1) is 6.10 Å². The molecule has 0 aliphatic rings. The summed E-state index contributed by atoms with van der Waals surface area (Å²) in [5, 5.41) is 15.1. The average molecular weight is 307 g/mol. The van der Waals surface area contributed by atoms with Gasteiger partial charge in [-0.2, -0.15) is 0 Å². The highest BCUT2D eigenvalue weighted by Crippen LogP contribution is 2.20. The maximum absolute atomic E-state index is 12.0. The predicted molar refractivity (Wildman–Crippen MR) is 88.0 cm³/mol. The molecule has 2 aromatic carbocycles. The Morgan fingerprint density at radius 2 is 1.91 bits per heavy atom. The van der Waals surface area contributed by atoms with Crippen molar-refractivity contribution < 1.29 is 9.90 Å². The van der Waals surface area contributed by atoms with Crippen molar-refractivity contribution >= 4 is 16.7 Å². The molecule has 0 spiro atoms. The molecule has 1 unspecified atom stereocenters. The summed E-state index contributed by atoms with van der Waals surface area (Å²) < 4.78 is 0. The van der Waals surface area contributed by atoms with Gasteiger partial charge in [-0.15, -0.1) is 0 Å². The van der Waals surface area contributed by atoms with Crippen molar-refractivity contribution in [2.45, 2.75) is 13.0 Å². The van der Waals surface area contributed by atoms with Crippen LogP contribution in [-0.2, 0) is 0 Å². The molecule has 5 heteroatoms. The Labute approximate surface area is 134 Å². The minimum atomic E-state index is -0.772. The van der Waals surface area contributed by atoms with Crippen molar-refractivity contribution in [2.24, 2.45) is 0 Å². The van der Waals surface area contributed by atoms with Crippen molar-refractivity contribution in [1.82, 2.24) is 15.3 Å². The first-order valence-electron chi connectivity index (χ1n) is 7.37. The van der Waals surface area contributed by atoms with Crippen molar-refractivity contribution in [2.75, 3.05) is 6.54 Å². The largest absolute Gasteiger partial charge is 0.387 e. The van der Waals surface area contributed by atoms with E-state index in [0.29, 0.717) is 5.69 Å². The van der Waals surface area contributed by atoms with Gasteiger partial charge in [0.1, 0.15) is 12.0 Å². The highest BCUT2D eigenvalue weighted by Gasteiger charge is 2.12. The quantitative estimate of drug-likeness (QED) is 0.776. The number of aromatic nitrogens is 2. The Morgan fingerprint density at radius 3 is 2.70 bits per heavy atom. The third-order valence-corrected chi connectivity index (χ3v) is 3.65. The second-order valence-corrected chi connectivity index (χ2v) is 5.38. The normalized spacial score (nSPS) is 12.1. The van der Waals surface area contributed by atoms with Gasteiger partial charge in [0.2, 0.25) is 0 Å². The summed E-state index contributed by atoms with van der Waals surface area (Å²) in [5.74, 6) is -0.324. The van der Waals surface area contributed by atoms with E-state index in [9.17, 15) is 9.90 Å². The number of carbonyl (C=O) groups excluding carboxylic acids is 1. The Kier molecular flexibility index (Phi) is 4.30. The Morgan fingerprint density at radius 1 is 1.13 bits per heavy atom. The number of rotatable bonds is 4. The molecule has 5 nitrogen and oxygen atoms in total. The molecule has 1 aromatic heterocycles. The van der Waals surface area contributed by atoms with Gasteiger partial charge in [-0.1, -0.05) is 36.4 Å². The topological polar surface area (TPSA) is 75.1 Å². The third kappa shape index (κ3) is 3.52. The molecule has 0 saturated heterocycles. The van der Waals surface area contributed by atoms with E-state index in [0.717, 1.165) is 22.0 Å². The number of nitrogens with zero attached hydrogens (tertiary/aromatic N) is 2. The molecule has 2 N–H and O–H groups in total. The first-order chi connectivity index (χ1) is 11.1. The van der Waals surface area contributed by atoms with Crippen molar-refractivity contribution in [1.29, 1.82) is 0 Å². The fraction of sp³-hybridized carbons (Fsp3) is 0.167. The van der Waals surface area contributed by atoms with Gasteiger partial charge in [-0.3, -0.25) is 4.79 Å². The Hall–Kier alpha value is -2.79. The summed E-state index contributed by atoms with van der Waals surface area (Å²) in [7, 11) is 0. The minimum absolute atomic E-state index is 0.125. The lowest BCUT2D eigenvalue weighted by Gasteiger charge is -2.13. The first-order valence-corrected chi connectivity index (χ1v) is 7.37. The highest BCUT2D eigenvalue weighted by atomic mass is 16.3. The van der Waals surface area contributed by atoms with E-state index >= 15 is 0 Å². The number of fused-ring (bicyclic) bond motifs is 1. The molecule has 0 saturated carbocycles. The fourth-order valence-electron chi connectivity index (χ4n) is 2.39. The molecular weight excluding hydrogens is 290 g/mol. The molecule has 0 fully saturated rings. The number of benzene rings is 2. The summed E-state index contributed by atoms with van der Waals surface area (Å²) in [6, 6.07) is 15.3. The lowest BCUT2D eigenvalue weighted by atomic mass is 10.0. The average Bonchev–Trinajstić information content (AvgIpc) is 2.59. The predicted octanol–water partition coefficient (Wildman–Crippen LogP) is 2.40. The van der Waals surface area contributed by atoms with Gasteiger partial charge >= 0.3 is 0 Å². The number of aliphatic hydroxyl groups is 1. The lowest BCUT2D eigenvalue weighted by molar-refractivity contribution is 0.0911. The first kappa shape index (κ1) is 15.1. The molecule has 3 rings (SSSR count). The van der Waals surface area contributed by atoms with Crippen molar-refractivity contribution in [3.05, 3.63) is 71.8 Å². The number of hydrogen-bond acceptors (Lipinski definition) is 4. The smallest absolute Gasteiger partial charge is 0.270 e. The van der Waals surface area contributed by atoms with Gasteiger partial charge in [0, 0.05) is 12.2 Å². The summed E-state index contributed by atoms with van der Waals surface area (Å²) in [6.07, 6.45) is 0.579. The fourth-order valence-corrected chi connectivity index (χ4v) is 2.39. The number of aryl methyl sites for hydroxylation is 1. The summed E-state index contributed by atoms with van der Waals surface area (Å²) in [6.45, 7) is 1.92. The van der Waals surface area contributed by atoms with Crippen LogP contribution in [0.3, 0.4) is 0 Å². The standard InChI is InChI=1S/C18H17N3O2/c1-12-8-16(21-11-20-12)18(23)19-10-17(22)15-7-6-13-4-2-3-5-14(13)9-15/h2-9,11,17,22H,10H2,1H3,(H,19,23). The van der Waals surface area contributed by atoms with Gasteiger partial charge in [0.15, 0.2) is 0 Å². The summed E-state index contributed by atoms with van der Waals surface area (Å²) >= 11 is 0. The van der Waals surface area contributed by atoms with Gasteiger partial charge in [-0.25, -0.2) is 9.97 Å². The van der Waals surface area contributed by atoms with Crippen LogP contribution in [0.1, 0.15) is 27.8 Å². The van der Waals surface area contributed by atoms with Crippen LogP contribution >= 0.6 is 0 Å². The third-order valence-electron chi connectivity index (χ3n) is 3.65. The van der Waals surface area contributed by atoms with E-state index in [1.54, 1.807) is 13.0 Å². The van der Waals surface area contributed by atoms with Crippen molar-refractivity contribution in [3.8, 4) is 0 Å². The molecular formula is C18H17N3O2. The van der Waals surface area contributed by atoms with E-state index < -0.39 is 6.10 Å². The van der Waals surface area contributed by atoms with E-state index in [1.165, 1.54) is 6.33 Å². The van der Waals surface area contributed by atoms with Crippen LogP contribution in [0.5, 0.6) is 0 Å². The highest BCUT2D eigenvalue weighted by molar-refractivity contribution is 5.92. The lowest BCUT2D eigenvalue weighted by Crippen LogP contribution is -2.29. The number of nitrogens with one attached hydrogen (secondary N) is 1. The Balaban J connectivity index is 1.68. The summed E-state index contributed by atoms with van der Waals surface area (Å²) in [5.41, 5.74) is 1.78. The zero-order chi connectivity index (χ0) is 16.2. The van der Waals surface area contributed by atoms with Crippen LogP contribution in [0.15, 0.2) is 54.9 Å². The molecule has 3 aromatic rings. The second-order valence-electron chi connectivity index (χ2n) is 5.38. The van der Waals surface area contributed by atoms with Gasteiger partial charge in [-0.05, 0) is 35.4 Å². The Bertz CT molecular complexity index is 848. The van der Waals surface area contributed by atoms with E-state index in [2.05, 4.69) is 15.3 Å². The molecule has 23 heavy (non-hydrogen) atoms. The van der Waals surface area contributed by atoms with Gasteiger partial charge < -0.3 is 10.4 Å². The second kappa shape index (κ2) is 6.54. The number of aliphatic hydroxyl groups excluding tert-OH is 1. The molecule has 0 bridgehead atoms. The molecule has 116 valence electrons. The van der Waals surface area contributed by atoms with Gasteiger partial charge in [0.25, 0.3) is 5.91 Å². The van der Waals surface area contributed by atoms with Crippen LogP contribution in [0.2, 0.25) is 0 Å². The monoisotopic (exact) mass is 307 g/mol. The SMILES string of the molecule is Cc1cc(C(=O)NCC(O)c2ccc3ccccc3c2)ncn1. The zero-order valence-electron chi connectivity index (χ0n) is 12.7. The van der Waals surface area contributed by atoms with Crippen LogP contribution in [-0.4, -0.2) is 27.5 Å². The number of carbonyl (C=O) groups is 1. The maximum atomic E-state index is 12.0. The van der Waals surface area contributed by atoms with Crippen molar-refractivity contribution in [3.63, 3.8) is 0 Å². The van der Waals surface area contributed by atoms with E-state index in [-0.39, 0.29) is 12.5 Å². The van der Waals surface area contributed by atoms with Crippen LogP contribution in [0.4, 0.5) is 0 Å². The maximum Gasteiger partial charge on any atom is 0.270 e. The zero-order valence-corrected chi connectivity index (χ0v) is 12.7. The van der Waals surface area contributed by atoms with Crippen LogP contribution in [0.25, 0.3) is 10.8 Å². The van der Waals surface area contributed by atoms with E-state index in [4.69, 9.17) is 0 Å². The molecule has 0 aliphatic heterocycles. The number of amides is 1. The molecule has 1 amide bonds. The molecule has 0 radical (unpaired) electrons. The summed E-state index contributed by atoms with van der Waals surface area (Å²) in [4.78, 5) is 19.9.